The number of hydrogen-bond donors (Lipinski definition) is 0. The summed E-state index contributed by atoms with van der Waals surface area (Å²) < 4.78 is 7.51. The second-order valence-electron chi connectivity index (χ2n) is 16.2. The second kappa shape index (κ2) is 14.0. The highest BCUT2D eigenvalue weighted by Gasteiger charge is 2.29. The molecule has 0 unspecified atom stereocenters. The zero-order chi connectivity index (χ0) is 41.4. The molecule has 0 aliphatic heterocycles. The summed E-state index contributed by atoms with van der Waals surface area (Å²) in [6, 6.07) is 76.4. The molecule has 0 aliphatic rings. The zero-order valence-electron chi connectivity index (χ0n) is 34.1. The number of hydrogen-bond acceptors (Lipinski definition) is 2. The van der Waals surface area contributed by atoms with Crippen molar-refractivity contribution in [2.24, 2.45) is 0 Å². The van der Waals surface area contributed by atoms with Crippen molar-refractivity contribution in [1.82, 2.24) is 23.7 Å². The minimum Gasteiger partial charge on any atom is -0.308 e. The molecular weight excluding hydrogens is 767 g/mol. The van der Waals surface area contributed by atoms with Gasteiger partial charge < -0.3 is 13.7 Å². The van der Waals surface area contributed by atoms with Crippen LogP contribution < -0.4 is 0 Å². The van der Waals surface area contributed by atoms with Gasteiger partial charge in [0, 0.05) is 72.9 Å². The van der Waals surface area contributed by atoms with E-state index in [1.165, 1.54) is 54.4 Å². The van der Waals surface area contributed by atoms with Crippen LogP contribution in [0.4, 0.5) is 0 Å². The maximum absolute atomic E-state index is 4.79. The van der Waals surface area contributed by atoms with Gasteiger partial charge in [-0.15, -0.1) is 0 Å². The van der Waals surface area contributed by atoms with Gasteiger partial charge in [0.2, 0.25) is 0 Å². The van der Waals surface area contributed by atoms with Crippen molar-refractivity contribution in [3.05, 3.63) is 225 Å². The summed E-state index contributed by atoms with van der Waals surface area (Å²) in [7, 11) is 0. The Balaban J connectivity index is 1.27. The molecule has 0 saturated heterocycles. The fourth-order valence-corrected chi connectivity index (χ4v) is 10.1. The molecule has 0 radical (unpaired) electrons. The van der Waals surface area contributed by atoms with Gasteiger partial charge in [-0.05, 0) is 114 Å². The number of nitrogens with zero attached hydrogens (tertiary/aromatic N) is 5. The van der Waals surface area contributed by atoms with E-state index in [0.717, 1.165) is 61.7 Å². The molecule has 63 heavy (non-hydrogen) atoms. The molecule has 13 rings (SSSR count). The third kappa shape index (κ3) is 5.36. The Labute approximate surface area is 363 Å². The number of fused-ring (bicyclic) bond motifs is 12. The minimum atomic E-state index is 0.921. The molecule has 0 amide bonds. The van der Waals surface area contributed by atoms with Crippen molar-refractivity contribution < 1.29 is 0 Å². The van der Waals surface area contributed by atoms with E-state index in [4.69, 9.17) is 9.97 Å². The van der Waals surface area contributed by atoms with Crippen LogP contribution in [0.25, 0.3) is 116 Å². The molecule has 0 atom stereocenters. The number of aromatic nitrogens is 5. The van der Waals surface area contributed by atoms with Crippen molar-refractivity contribution in [3.8, 4) is 50.7 Å². The number of para-hydroxylation sites is 5. The second-order valence-corrected chi connectivity index (χ2v) is 16.2. The van der Waals surface area contributed by atoms with Crippen molar-refractivity contribution in [1.29, 1.82) is 0 Å². The van der Waals surface area contributed by atoms with E-state index in [1.807, 2.05) is 36.7 Å². The number of benzene rings is 8. The Morgan fingerprint density at radius 1 is 0.270 bits per heavy atom. The molecule has 0 N–H and O–H groups in total. The minimum absolute atomic E-state index is 0.921. The van der Waals surface area contributed by atoms with Crippen LogP contribution in [0.15, 0.2) is 225 Å². The van der Waals surface area contributed by atoms with E-state index in [2.05, 4.69) is 202 Å². The summed E-state index contributed by atoms with van der Waals surface area (Å²) >= 11 is 0. The van der Waals surface area contributed by atoms with E-state index < -0.39 is 0 Å². The lowest BCUT2D eigenvalue weighted by Crippen LogP contribution is -1.97. The first-order valence-electron chi connectivity index (χ1n) is 21.4. The molecule has 294 valence electrons. The summed E-state index contributed by atoms with van der Waals surface area (Å²) in [6.07, 6.45) is 3.72. The molecule has 5 heteroatoms. The smallest absolute Gasteiger partial charge is 0.0702 e. The molecule has 0 fully saturated rings. The third-order valence-corrected chi connectivity index (χ3v) is 12.7. The van der Waals surface area contributed by atoms with Crippen LogP contribution in [0.1, 0.15) is 0 Å². The topological polar surface area (TPSA) is 40.6 Å². The molecule has 13 aromatic rings. The van der Waals surface area contributed by atoms with Crippen molar-refractivity contribution >= 4 is 65.4 Å². The first-order valence-corrected chi connectivity index (χ1v) is 21.4. The highest BCUT2D eigenvalue weighted by molar-refractivity contribution is 6.40. The summed E-state index contributed by atoms with van der Waals surface area (Å²) in [5, 5.41) is 7.26. The standard InChI is InChI=1S/C58H37N5/c1-4-18-42(19-5-1)61-50-28-12-10-24-45(50)54-56(61)53-46-25-11-13-29-51(46)62(43-20-6-2-7-21-43)57(53)55-47-37-38(30-31-52(47)63(58(54)55)44-22-8-3-9-23-44)39-34-40(48-26-14-16-32-59-48)36-41(35-39)49-27-15-17-33-60-49/h1-37H. The van der Waals surface area contributed by atoms with Crippen LogP contribution in [0.5, 0.6) is 0 Å². The predicted octanol–water partition coefficient (Wildman–Crippen LogP) is 14.8. The molecule has 0 saturated carbocycles. The highest BCUT2D eigenvalue weighted by atomic mass is 15.0. The van der Waals surface area contributed by atoms with Crippen LogP contribution in [0.2, 0.25) is 0 Å². The Kier molecular flexibility index (Phi) is 7.84. The molecule has 0 spiro atoms. The zero-order valence-corrected chi connectivity index (χ0v) is 34.1. The normalized spacial score (nSPS) is 11.8. The fourth-order valence-electron chi connectivity index (χ4n) is 10.1. The first-order chi connectivity index (χ1) is 31.3. The SMILES string of the molecule is c1ccc(-n2c3ccccc3c3c2c2c4ccccc4n(-c4ccccc4)c2c2c4cc(-c5cc(-c6ccccn6)cc(-c6ccccn6)c5)ccc4n(-c4ccccc4)c32)cc1. The molecule has 5 aromatic heterocycles. The fraction of sp³-hybridized carbons (Fsp3) is 0. The van der Waals surface area contributed by atoms with Crippen LogP contribution in [0.3, 0.4) is 0 Å². The summed E-state index contributed by atoms with van der Waals surface area (Å²) in [5.41, 5.74) is 16.5. The monoisotopic (exact) mass is 803 g/mol. The molecule has 0 aliphatic carbocycles. The average molecular weight is 804 g/mol. The summed E-state index contributed by atoms with van der Waals surface area (Å²) in [6.45, 7) is 0. The lowest BCUT2D eigenvalue weighted by molar-refractivity contribution is 1.17. The lowest BCUT2D eigenvalue weighted by Gasteiger charge is -2.13. The molecule has 5 heterocycles. The van der Waals surface area contributed by atoms with E-state index >= 15 is 0 Å². The largest absolute Gasteiger partial charge is 0.308 e. The van der Waals surface area contributed by atoms with Crippen molar-refractivity contribution in [2.75, 3.05) is 0 Å². The van der Waals surface area contributed by atoms with Gasteiger partial charge in [0.15, 0.2) is 0 Å². The van der Waals surface area contributed by atoms with Gasteiger partial charge in [0.05, 0.1) is 44.5 Å². The van der Waals surface area contributed by atoms with Crippen LogP contribution in [0, 0.1) is 0 Å². The van der Waals surface area contributed by atoms with E-state index in [1.54, 1.807) is 0 Å². The maximum Gasteiger partial charge on any atom is 0.0702 e. The predicted molar refractivity (Wildman–Crippen MR) is 261 cm³/mol. The van der Waals surface area contributed by atoms with Crippen LogP contribution >= 0.6 is 0 Å². The van der Waals surface area contributed by atoms with E-state index in [9.17, 15) is 0 Å². The Hall–Kier alpha value is -8.54. The summed E-state index contributed by atoms with van der Waals surface area (Å²) in [4.78, 5) is 9.58. The van der Waals surface area contributed by atoms with Gasteiger partial charge in [0.25, 0.3) is 0 Å². The number of pyridine rings is 2. The van der Waals surface area contributed by atoms with Crippen molar-refractivity contribution in [3.63, 3.8) is 0 Å². The van der Waals surface area contributed by atoms with E-state index in [-0.39, 0.29) is 0 Å². The first kappa shape index (κ1) is 35.2. The van der Waals surface area contributed by atoms with Gasteiger partial charge >= 0.3 is 0 Å². The third-order valence-electron chi connectivity index (χ3n) is 12.7. The molecule has 0 bridgehead atoms. The molecule has 8 aromatic carbocycles. The highest BCUT2D eigenvalue weighted by Crippen LogP contribution is 2.50. The van der Waals surface area contributed by atoms with Gasteiger partial charge in [0.1, 0.15) is 0 Å². The van der Waals surface area contributed by atoms with E-state index in [0.29, 0.717) is 0 Å². The lowest BCUT2D eigenvalue weighted by atomic mass is 9.95. The Morgan fingerprint density at radius 2 is 0.651 bits per heavy atom. The Morgan fingerprint density at radius 3 is 1.10 bits per heavy atom. The van der Waals surface area contributed by atoms with Gasteiger partial charge in [-0.3, -0.25) is 9.97 Å². The quantitative estimate of drug-likeness (QED) is 0.168. The van der Waals surface area contributed by atoms with Crippen LogP contribution in [-0.4, -0.2) is 23.7 Å². The maximum atomic E-state index is 4.79. The van der Waals surface area contributed by atoms with Gasteiger partial charge in [-0.2, -0.15) is 0 Å². The van der Waals surface area contributed by atoms with Crippen molar-refractivity contribution in [2.45, 2.75) is 0 Å². The van der Waals surface area contributed by atoms with Crippen LogP contribution in [-0.2, 0) is 0 Å². The van der Waals surface area contributed by atoms with Gasteiger partial charge in [-0.1, -0.05) is 109 Å². The number of rotatable bonds is 6. The molecule has 5 nitrogen and oxygen atoms in total. The Bertz CT molecular complexity index is 3770. The molecular formula is C58H37N5. The van der Waals surface area contributed by atoms with Gasteiger partial charge in [-0.25, -0.2) is 0 Å². The average Bonchev–Trinajstić information content (AvgIpc) is 4.01. The summed E-state index contributed by atoms with van der Waals surface area (Å²) in [5.74, 6) is 0.